The number of carbonyl (C=O) groups excluding carboxylic acids is 5. The van der Waals surface area contributed by atoms with Gasteiger partial charge in [0.05, 0.1) is 25.9 Å². The van der Waals surface area contributed by atoms with E-state index in [1.54, 1.807) is 55.5 Å². The monoisotopic (exact) mass is 742 g/mol. The Morgan fingerprint density at radius 3 is 2.08 bits per heavy atom. The van der Waals surface area contributed by atoms with Gasteiger partial charge in [-0.2, -0.15) is 0 Å². The number of Topliss-reactive ketones (excluding diaryl/α,β-unsaturated/α-hetero) is 1. The maximum absolute atomic E-state index is 13.1. The molecule has 0 radical (unpaired) electrons. The average molecular weight is 743 g/mol. The van der Waals surface area contributed by atoms with Crippen LogP contribution in [0.5, 0.6) is 5.75 Å². The number of anilines is 1. The zero-order valence-electron chi connectivity index (χ0n) is 31.6. The van der Waals surface area contributed by atoms with Gasteiger partial charge in [-0.25, -0.2) is 14.4 Å². The van der Waals surface area contributed by atoms with Crippen LogP contribution in [-0.2, 0) is 41.8 Å². The normalized spacial score (nSPS) is 12.0. The molecule has 0 spiro atoms. The van der Waals surface area contributed by atoms with Crippen molar-refractivity contribution < 1.29 is 52.8 Å². The number of aliphatic hydroxyl groups excluding tert-OH is 1. The smallest absolute Gasteiger partial charge is 0.445 e. The van der Waals surface area contributed by atoms with Crippen molar-refractivity contribution in [2.45, 2.75) is 46.4 Å². The lowest BCUT2D eigenvalue weighted by Crippen LogP contribution is -2.42. The van der Waals surface area contributed by atoms with E-state index in [0.717, 1.165) is 0 Å². The lowest BCUT2D eigenvalue weighted by Gasteiger charge is -2.27. The molecule has 53 heavy (non-hydrogen) atoms. The quantitative estimate of drug-likeness (QED) is 0.0967. The fourth-order valence-electron chi connectivity index (χ4n) is 5.09. The SMILES string of the molecule is C=CCOC(=O)OCCOCCN(CCN(C)C(=O)OCc1ccc(NC(=O)[C@H](C)CC(=O)[C@H](C(C)C)N(C)C)cc1)C(=O)Oc1ccc(CO)cc1. The lowest BCUT2D eigenvalue weighted by molar-refractivity contribution is -0.129. The van der Waals surface area contributed by atoms with Crippen LogP contribution in [0, 0.1) is 11.8 Å². The van der Waals surface area contributed by atoms with E-state index in [2.05, 4.69) is 11.9 Å². The minimum Gasteiger partial charge on any atom is -0.445 e. The molecule has 0 bridgehead atoms. The maximum Gasteiger partial charge on any atom is 0.508 e. The maximum atomic E-state index is 13.1. The second kappa shape index (κ2) is 23.5. The molecule has 3 amide bonds. The third kappa shape index (κ3) is 16.5. The summed E-state index contributed by atoms with van der Waals surface area (Å²) < 4.78 is 26.0. The topological polar surface area (TPSA) is 173 Å². The number of rotatable bonds is 22. The van der Waals surface area contributed by atoms with Crippen LogP contribution in [0.3, 0.4) is 0 Å². The highest BCUT2D eigenvalue weighted by atomic mass is 16.7. The Kier molecular flexibility index (Phi) is 19.6. The molecule has 2 atom stereocenters. The Morgan fingerprint density at radius 2 is 1.47 bits per heavy atom. The number of ketones is 1. The summed E-state index contributed by atoms with van der Waals surface area (Å²) >= 11 is 0. The highest BCUT2D eigenvalue weighted by Gasteiger charge is 2.27. The van der Waals surface area contributed by atoms with Crippen molar-refractivity contribution in [2.24, 2.45) is 11.8 Å². The number of likely N-dealkylation sites (N-methyl/N-ethyl adjacent to an activating group) is 2. The largest absolute Gasteiger partial charge is 0.508 e. The zero-order valence-corrected chi connectivity index (χ0v) is 31.6. The fourth-order valence-corrected chi connectivity index (χ4v) is 5.09. The Hall–Kier alpha value is -4.99. The van der Waals surface area contributed by atoms with Gasteiger partial charge in [0.2, 0.25) is 5.91 Å². The van der Waals surface area contributed by atoms with Gasteiger partial charge in [0.25, 0.3) is 0 Å². The Bertz CT molecular complexity index is 1460. The van der Waals surface area contributed by atoms with Gasteiger partial charge in [-0.3, -0.25) is 14.5 Å². The molecule has 0 unspecified atom stereocenters. The number of hydrogen-bond acceptors (Lipinski definition) is 12. The van der Waals surface area contributed by atoms with Crippen molar-refractivity contribution in [3.63, 3.8) is 0 Å². The summed E-state index contributed by atoms with van der Waals surface area (Å²) in [6, 6.07) is 12.9. The van der Waals surface area contributed by atoms with E-state index in [1.807, 2.05) is 32.8 Å². The molecule has 0 saturated heterocycles. The summed E-state index contributed by atoms with van der Waals surface area (Å²) in [4.78, 5) is 67.4. The Balaban J connectivity index is 1.87. The summed E-state index contributed by atoms with van der Waals surface area (Å²) in [5.41, 5.74) is 1.89. The van der Waals surface area contributed by atoms with Crippen molar-refractivity contribution >= 4 is 35.7 Å². The summed E-state index contributed by atoms with van der Waals surface area (Å²) in [5.74, 6) is -0.360. The first-order valence-electron chi connectivity index (χ1n) is 17.4. The molecule has 0 aromatic heterocycles. The predicted molar refractivity (Wildman–Crippen MR) is 197 cm³/mol. The number of ether oxygens (including phenoxy) is 5. The van der Waals surface area contributed by atoms with Gasteiger partial charge in [-0.05, 0) is 55.4 Å². The minimum atomic E-state index is -0.849. The van der Waals surface area contributed by atoms with Gasteiger partial charge in [0.1, 0.15) is 25.6 Å². The van der Waals surface area contributed by atoms with Crippen LogP contribution < -0.4 is 10.1 Å². The van der Waals surface area contributed by atoms with Crippen molar-refractivity contribution in [1.29, 1.82) is 0 Å². The van der Waals surface area contributed by atoms with Crippen molar-refractivity contribution in [2.75, 3.05) is 72.5 Å². The highest BCUT2D eigenvalue weighted by molar-refractivity contribution is 5.96. The molecular formula is C38H54N4O11. The van der Waals surface area contributed by atoms with E-state index in [9.17, 15) is 29.1 Å². The second-order valence-electron chi connectivity index (χ2n) is 12.9. The van der Waals surface area contributed by atoms with E-state index in [1.165, 1.54) is 22.9 Å². The molecule has 2 aromatic carbocycles. The number of amides is 3. The van der Waals surface area contributed by atoms with Gasteiger partial charge >= 0.3 is 18.3 Å². The molecule has 292 valence electrons. The first-order valence-corrected chi connectivity index (χ1v) is 17.4. The van der Waals surface area contributed by atoms with Gasteiger partial charge in [0.15, 0.2) is 5.78 Å². The Labute approximate surface area is 311 Å². The lowest BCUT2D eigenvalue weighted by atomic mass is 9.92. The van der Waals surface area contributed by atoms with Crippen LogP contribution in [-0.4, -0.2) is 123 Å². The fraction of sp³-hybridized carbons (Fsp3) is 0.500. The molecule has 15 nitrogen and oxygen atoms in total. The first kappa shape index (κ1) is 44.2. The summed E-state index contributed by atoms with van der Waals surface area (Å²) in [6.07, 6.45) is -0.611. The molecule has 0 aliphatic carbocycles. The minimum absolute atomic E-state index is 0.0181. The predicted octanol–water partition coefficient (Wildman–Crippen LogP) is 4.72. The van der Waals surface area contributed by atoms with E-state index < -0.39 is 24.3 Å². The van der Waals surface area contributed by atoms with Crippen LogP contribution in [0.25, 0.3) is 0 Å². The molecule has 0 aliphatic rings. The third-order valence-corrected chi connectivity index (χ3v) is 7.91. The standard InChI is InChI=1S/C38H54N4O11/c1-8-20-50-38(48)51-23-22-49-21-19-42(37(47)53-32-15-11-29(25-43)12-16-32)18-17-41(7)36(46)52-26-30-9-13-31(14-10-30)39-35(45)28(4)24-33(44)34(27(2)3)40(5)6/h8-16,27-28,34,43H,1,17-26H2,2-7H3,(H,39,45)/t28-,34+/m1/s1. The number of nitrogens with zero attached hydrogens (tertiary/aromatic N) is 3. The molecule has 0 heterocycles. The second-order valence-corrected chi connectivity index (χ2v) is 12.9. The number of nitrogens with one attached hydrogen (secondary N) is 1. The number of hydrogen-bond donors (Lipinski definition) is 2. The molecule has 2 N–H and O–H groups in total. The molecule has 0 aliphatic heterocycles. The zero-order chi connectivity index (χ0) is 39.3. The summed E-state index contributed by atoms with van der Waals surface area (Å²) in [5, 5.41) is 12.1. The summed E-state index contributed by atoms with van der Waals surface area (Å²) in [6.45, 7) is 9.35. The van der Waals surface area contributed by atoms with Crippen LogP contribution in [0.15, 0.2) is 61.2 Å². The van der Waals surface area contributed by atoms with Crippen LogP contribution in [0.2, 0.25) is 0 Å². The van der Waals surface area contributed by atoms with E-state index >= 15 is 0 Å². The molecule has 0 saturated carbocycles. The molecule has 15 heteroatoms. The third-order valence-electron chi connectivity index (χ3n) is 7.91. The Morgan fingerprint density at radius 1 is 0.811 bits per heavy atom. The van der Waals surface area contributed by atoms with Crippen molar-refractivity contribution in [1.82, 2.24) is 14.7 Å². The van der Waals surface area contributed by atoms with Crippen LogP contribution in [0.1, 0.15) is 38.3 Å². The van der Waals surface area contributed by atoms with Crippen LogP contribution >= 0.6 is 0 Å². The number of benzene rings is 2. The number of carbonyl (C=O) groups is 5. The van der Waals surface area contributed by atoms with E-state index in [4.69, 9.17) is 23.7 Å². The molecule has 2 aromatic rings. The highest BCUT2D eigenvalue weighted by Crippen LogP contribution is 2.18. The van der Waals surface area contributed by atoms with E-state index in [-0.39, 0.29) is 95.1 Å². The van der Waals surface area contributed by atoms with Gasteiger partial charge in [-0.15, -0.1) is 0 Å². The average Bonchev–Trinajstić information content (AvgIpc) is 3.12. The van der Waals surface area contributed by atoms with Crippen molar-refractivity contribution in [3.05, 3.63) is 72.3 Å². The first-order chi connectivity index (χ1) is 25.2. The molecular weight excluding hydrogens is 688 g/mol. The van der Waals surface area contributed by atoms with Gasteiger partial charge < -0.3 is 43.9 Å². The number of aliphatic hydroxyl groups is 1. The van der Waals surface area contributed by atoms with Crippen molar-refractivity contribution in [3.8, 4) is 5.75 Å². The molecule has 2 rings (SSSR count). The van der Waals surface area contributed by atoms with Gasteiger partial charge in [0, 0.05) is 44.7 Å². The summed E-state index contributed by atoms with van der Waals surface area (Å²) in [7, 11) is 5.24. The van der Waals surface area contributed by atoms with Gasteiger partial charge in [-0.1, -0.05) is 57.7 Å². The van der Waals surface area contributed by atoms with Crippen LogP contribution in [0.4, 0.5) is 20.1 Å². The molecule has 0 fully saturated rings. The van der Waals surface area contributed by atoms with E-state index in [0.29, 0.717) is 16.8 Å².